The van der Waals surface area contributed by atoms with Gasteiger partial charge in [0.1, 0.15) is 0 Å². The molecule has 0 bridgehead atoms. The van der Waals surface area contributed by atoms with Gasteiger partial charge in [0.25, 0.3) is 0 Å². The van der Waals surface area contributed by atoms with Crippen LogP contribution < -0.4 is 0 Å². The Morgan fingerprint density at radius 2 is 1.69 bits per heavy atom. The third-order valence-corrected chi connectivity index (χ3v) is 3.18. The summed E-state index contributed by atoms with van der Waals surface area (Å²) < 4.78 is 0. The Hall–Kier alpha value is -0.330. The molecular weight excluding hydrogens is 194 g/mol. The van der Waals surface area contributed by atoms with Crippen molar-refractivity contribution in [2.24, 2.45) is 21.7 Å². The Morgan fingerprint density at radius 1 is 1.12 bits per heavy atom. The van der Waals surface area contributed by atoms with Gasteiger partial charge in [-0.3, -0.25) is 0 Å². The molecule has 0 aliphatic rings. The van der Waals surface area contributed by atoms with E-state index in [1.54, 1.807) is 0 Å². The molecule has 1 heteroatoms. The van der Waals surface area contributed by atoms with Crippen LogP contribution in [0.5, 0.6) is 0 Å². The highest BCUT2D eigenvalue weighted by atomic mass is 14.6. The van der Waals surface area contributed by atoms with Gasteiger partial charge in [-0.2, -0.15) is 0 Å². The standard InChI is InChI=1S/C15H31N/c1-8-9-14(3,4)10-13(2)11-15(5,6)12-16-7/h12-13H,8-11H2,1-7H3/b16-12+. The van der Waals surface area contributed by atoms with Crippen LogP contribution in [0.1, 0.15) is 67.2 Å². The normalized spacial score (nSPS) is 15.7. The summed E-state index contributed by atoms with van der Waals surface area (Å²) in [7, 11) is 1.87. The van der Waals surface area contributed by atoms with Crippen LogP contribution in [0.3, 0.4) is 0 Å². The van der Waals surface area contributed by atoms with E-state index < -0.39 is 0 Å². The molecule has 1 nitrogen and oxygen atoms in total. The average Bonchev–Trinajstić information content (AvgIpc) is 1.99. The van der Waals surface area contributed by atoms with Gasteiger partial charge in [-0.25, -0.2) is 0 Å². The summed E-state index contributed by atoms with van der Waals surface area (Å²) in [5, 5.41) is 0. The maximum Gasteiger partial charge on any atom is 0.0273 e. The minimum absolute atomic E-state index is 0.246. The fourth-order valence-electron chi connectivity index (χ4n) is 3.09. The molecule has 0 heterocycles. The first-order valence-electron chi connectivity index (χ1n) is 6.66. The van der Waals surface area contributed by atoms with Gasteiger partial charge >= 0.3 is 0 Å². The molecule has 16 heavy (non-hydrogen) atoms. The fraction of sp³-hybridized carbons (Fsp3) is 0.933. The first-order valence-corrected chi connectivity index (χ1v) is 6.66. The molecule has 0 aromatic heterocycles. The molecule has 0 aliphatic heterocycles. The second kappa shape index (κ2) is 6.42. The van der Waals surface area contributed by atoms with Crippen LogP contribution in [-0.4, -0.2) is 13.3 Å². The summed E-state index contributed by atoms with van der Waals surface area (Å²) in [6.45, 7) is 14.0. The van der Waals surface area contributed by atoms with Gasteiger partial charge in [-0.15, -0.1) is 0 Å². The molecule has 0 N–H and O–H groups in total. The van der Waals surface area contributed by atoms with E-state index in [4.69, 9.17) is 0 Å². The van der Waals surface area contributed by atoms with Crippen LogP contribution in [0.4, 0.5) is 0 Å². The van der Waals surface area contributed by atoms with E-state index in [0.717, 1.165) is 5.92 Å². The second-order valence-corrected chi connectivity index (χ2v) is 6.80. The predicted octanol–water partition coefficient (Wildman–Crippen LogP) is 4.96. The van der Waals surface area contributed by atoms with Crippen molar-refractivity contribution in [2.45, 2.75) is 67.2 Å². The lowest BCUT2D eigenvalue weighted by Gasteiger charge is -2.31. The van der Waals surface area contributed by atoms with Crippen LogP contribution in [0.15, 0.2) is 4.99 Å². The molecule has 0 aromatic rings. The van der Waals surface area contributed by atoms with Crippen molar-refractivity contribution in [3.05, 3.63) is 0 Å². The van der Waals surface area contributed by atoms with Gasteiger partial charge in [0.05, 0.1) is 0 Å². The summed E-state index contributed by atoms with van der Waals surface area (Å²) in [5.74, 6) is 0.773. The zero-order valence-electron chi connectivity index (χ0n) is 12.4. The molecule has 0 amide bonds. The lowest BCUT2D eigenvalue weighted by atomic mass is 9.75. The number of hydrogen-bond donors (Lipinski definition) is 0. The molecule has 0 radical (unpaired) electrons. The van der Waals surface area contributed by atoms with E-state index in [9.17, 15) is 0 Å². The van der Waals surface area contributed by atoms with E-state index >= 15 is 0 Å². The SMILES string of the molecule is CCCC(C)(C)CC(C)CC(C)(C)/C=N/C. The highest BCUT2D eigenvalue weighted by Gasteiger charge is 2.24. The minimum atomic E-state index is 0.246. The van der Waals surface area contributed by atoms with Crippen LogP contribution in [-0.2, 0) is 0 Å². The van der Waals surface area contributed by atoms with E-state index in [1.165, 1.54) is 25.7 Å². The molecule has 1 atom stereocenters. The smallest absolute Gasteiger partial charge is 0.0273 e. The Labute approximate surface area is 103 Å². The first kappa shape index (κ1) is 15.7. The molecule has 0 rings (SSSR count). The van der Waals surface area contributed by atoms with Crippen molar-refractivity contribution in [3.63, 3.8) is 0 Å². The summed E-state index contributed by atoms with van der Waals surface area (Å²) in [6, 6.07) is 0. The lowest BCUT2D eigenvalue weighted by Crippen LogP contribution is -2.22. The molecule has 0 spiro atoms. The summed E-state index contributed by atoms with van der Waals surface area (Å²) in [6.07, 6.45) is 7.27. The van der Waals surface area contributed by atoms with Crippen LogP contribution in [0.25, 0.3) is 0 Å². The monoisotopic (exact) mass is 225 g/mol. The molecule has 0 aromatic carbocycles. The summed E-state index contributed by atoms with van der Waals surface area (Å²) in [4.78, 5) is 4.17. The Kier molecular flexibility index (Phi) is 6.28. The van der Waals surface area contributed by atoms with Crippen molar-refractivity contribution in [3.8, 4) is 0 Å². The number of aliphatic imine (C=N–C) groups is 1. The number of nitrogens with zero attached hydrogens (tertiary/aromatic N) is 1. The van der Waals surface area contributed by atoms with Crippen molar-refractivity contribution < 1.29 is 0 Å². The quantitative estimate of drug-likeness (QED) is 0.543. The van der Waals surface area contributed by atoms with E-state index in [1.807, 2.05) is 7.05 Å². The maximum atomic E-state index is 4.17. The zero-order valence-corrected chi connectivity index (χ0v) is 12.4. The molecule has 0 saturated carbocycles. The Balaban J connectivity index is 4.22. The van der Waals surface area contributed by atoms with Crippen LogP contribution in [0, 0.1) is 16.7 Å². The van der Waals surface area contributed by atoms with Gasteiger partial charge < -0.3 is 4.99 Å². The molecule has 1 unspecified atom stereocenters. The van der Waals surface area contributed by atoms with Gasteiger partial charge in [0, 0.05) is 13.3 Å². The minimum Gasteiger partial charge on any atom is -0.300 e. The topological polar surface area (TPSA) is 12.4 Å². The number of hydrogen-bond acceptors (Lipinski definition) is 1. The van der Waals surface area contributed by atoms with Crippen molar-refractivity contribution in [1.82, 2.24) is 0 Å². The Bertz CT molecular complexity index is 213. The average molecular weight is 225 g/mol. The van der Waals surface area contributed by atoms with E-state index in [-0.39, 0.29) is 5.41 Å². The molecular formula is C15H31N. The maximum absolute atomic E-state index is 4.17. The highest BCUT2D eigenvalue weighted by Crippen LogP contribution is 2.35. The van der Waals surface area contributed by atoms with Gasteiger partial charge in [-0.05, 0) is 36.0 Å². The lowest BCUT2D eigenvalue weighted by molar-refractivity contribution is 0.225. The van der Waals surface area contributed by atoms with Crippen LogP contribution in [0.2, 0.25) is 0 Å². The summed E-state index contributed by atoms with van der Waals surface area (Å²) in [5.41, 5.74) is 0.740. The molecule has 96 valence electrons. The van der Waals surface area contributed by atoms with E-state index in [2.05, 4.69) is 52.7 Å². The van der Waals surface area contributed by atoms with Crippen molar-refractivity contribution >= 4 is 6.21 Å². The fourth-order valence-corrected chi connectivity index (χ4v) is 3.09. The number of rotatable bonds is 7. The largest absolute Gasteiger partial charge is 0.300 e. The highest BCUT2D eigenvalue weighted by molar-refractivity contribution is 5.64. The zero-order chi connectivity index (χ0) is 12.8. The third kappa shape index (κ3) is 7.03. The molecule has 0 saturated heterocycles. The van der Waals surface area contributed by atoms with Gasteiger partial charge in [-0.1, -0.05) is 48.0 Å². The molecule has 0 fully saturated rings. The second-order valence-electron chi connectivity index (χ2n) is 6.80. The van der Waals surface area contributed by atoms with Crippen molar-refractivity contribution in [2.75, 3.05) is 7.05 Å². The summed E-state index contributed by atoms with van der Waals surface area (Å²) >= 11 is 0. The first-order chi connectivity index (χ1) is 7.22. The van der Waals surface area contributed by atoms with Crippen LogP contribution >= 0.6 is 0 Å². The Morgan fingerprint density at radius 3 is 2.12 bits per heavy atom. The van der Waals surface area contributed by atoms with Gasteiger partial charge in [0.2, 0.25) is 0 Å². The molecule has 0 aliphatic carbocycles. The van der Waals surface area contributed by atoms with Crippen molar-refractivity contribution in [1.29, 1.82) is 0 Å². The third-order valence-electron chi connectivity index (χ3n) is 3.18. The van der Waals surface area contributed by atoms with Gasteiger partial charge in [0.15, 0.2) is 0 Å². The van der Waals surface area contributed by atoms with E-state index in [0.29, 0.717) is 5.41 Å². The predicted molar refractivity (Wildman–Crippen MR) is 75.3 cm³/mol.